The van der Waals surface area contributed by atoms with Crippen LogP contribution in [0.1, 0.15) is 13.2 Å². The minimum atomic E-state index is -5.81. The van der Waals surface area contributed by atoms with Gasteiger partial charge in [-0.15, -0.1) is 11.6 Å². The first-order valence-electron chi connectivity index (χ1n) is 8.08. The third-order valence-electron chi connectivity index (χ3n) is 4.12. The molecule has 1 saturated heterocycles. The molecule has 2 heterocycles. The van der Waals surface area contributed by atoms with Crippen LogP contribution in [-0.2, 0) is 31.6 Å². The van der Waals surface area contributed by atoms with Crippen LogP contribution in [0.4, 0.5) is 0 Å². The van der Waals surface area contributed by atoms with Gasteiger partial charge >= 0.3 is 29.2 Å². The number of aliphatic hydroxyl groups excluding tert-OH is 1. The van der Waals surface area contributed by atoms with Gasteiger partial charge in [-0.25, -0.2) is 18.5 Å². The van der Waals surface area contributed by atoms with Gasteiger partial charge < -0.3 is 34.5 Å². The van der Waals surface area contributed by atoms with E-state index in [4.69, 9.17) is 26.1 Å². The van der Waals surface area contributed by atoms with Crippen LogP contribution in [-0.4, -0.2) is 69.1 Å². The highest BCUT2D eigenvalue weighted by Crippen LogP contribution is 2.66. The summed E-state index contributed by atoms with van der Waals surface area (Å²) in [5, 5.41) is 21.2. The van der Waals surface area contributed by atoms with Gasteiger partial charge in [-0.3, -0.25) is 18.9 Å². The highest BCUT2D eigenvalue weighted by atomic mass is 35.5. The van der Waals surface area contributed by atoms with Crippen LogP contribution in [0.25, 0.3) is 0 Å². The van der Waals surface area contributed by atoms with Gasteiger partial charge in [0.15, 0.2) is 6.23 Å². The van der Waals surface area contributed by atoms with Crippen molar-refractivity contribution >= 4 is 35.1 Å². The molecule has 1 aliphatic heterocycles. The van der Waals surface area contributed by atoms with Crippen LogP contribution < -0.4 is 11.2 Å². The largest absolute Gasteiger partial charge is 0.490 e. The van der Waals surface area contributed by atoms with Crippen LogP contribution in [0.3, 0.4) is 0 Å². The van der Waals surface area contributed by atoms with Crippen molar-refractivity contribution in [3.8, 4) is 0 Å². The van der Waals surface area contributed by atoms with E-state index in [2.05, 4.69) is 13.1 Å². The lowest BCUT2D eigenvalue weighted by atomic mass is 9.89. The summed E-state index contributed by atoms with van der Waals surface area (Å²) in [6.45, 7) is -0.189. The molecule has 0 amide bonds. The summed E-state index contributed by atoms with van der Waals surface area (Å²) in [5.74, 6) is -0.741. The summed E-state index contributed by atoms with van der Waals surface area (Å²) >= 11 is 5.79. The molecule has 1 aromatic rings. The van der Waals surface area contributed by atoms with Crippen molar-refractivity contribution < 1.29 is 61.4 Å². The third kappa shape index (κ3) is 6.23. The number of hydrogen-bond acceptors (Lipinski definition) is 11. The van der Waals surface area contributed by atoms with E-state index in [0.29, 0.717) is 4.57 Å². The maximum Gasteiger partial charge on any atom is 0.490 e. The Hall–Kier alpha value is -0.740. The lowest BCUT2D eigenvalue weighted by molar-refractivity contribution is -0.119. The number of H-pyrrole nitrogens is 1. The molecule has 0 saturated carbocycles. The van der Waals surface area contributed by atoms with E-state index in [1.807, 2.05) is 4.98 Å². The zero-order chi connectivity index (χ0) is 24.8. The Morgan fingerprint density at radius 2 is 1.78 bits per heavy atom. The van der Waals surface area contributed by atoms with E-state index in [9.17, 15) is 43.3 Å². The average molecular weight is 547 g/mol. The molecule has 0 aliphatic carbocycles. The molecule has 17 nitrogen and oxygen atoms in total. The van der Waals surface area contributed by atoms with Gasteiger partial charge in [0.2, 0.25) is 0 Å². The Morgan fingerprint density at radius 1 is 1.19 bits per heavy atom. The van der Waals surface area contributed by atoms with Gasteiger partial charge in [0.1, 0.15) is 17.3 Å². The monoisotopic (exact) mass is 546 g/mol. The summed E-state index contributed by atoms with van der Waals surface area (Å²) in [6.07, 6.45) is -2.78. The number of phosphoric ester groups is 1. The number of aliphatic hydroxyl groups is 2. The number of nitrogens with zero attached hydrogens (tertiary/aromatic N) is 1. The first-order valence-corrected chi connectivity index (χ1v) is 13.1. The quantitative estimate of drug-likeness (QED) is 0.137. The molecule has 3 unspecified atom stereocenters. The molecule has 1 fully saturated rings. The number of aromatic amines is 1. The smallest absolute Gasteiger partial charge is 0.387 e. The van der Waals surface area contributed by atoms with Crippen molar-refractivity contribution in [2.24, 2.45) is 0 Å². The predicted octanol–water partition coefficient (Wildman–Crippen LogP) is -1.50. The van der Waals surface area contributed by atoms with Crippen LogP contribution in [0, 0.1) is 0 Å². The molecule has 0 bridgehead atoms. The van der Waals surface area contributed by atoms with Gasteiger partial charge in [-0.1, -0.05) is 0 Å². The van der Waals surface area contributed by atoms with Crippen molar-refractivity contribution in [1.82, 2.24) is 9.55 Å². The van der Waals surface area contributed by atoms with Crippen LogP contribution in [0.2, 0.25) is 0 Å². The summed E-state index contributed by atoms with van der Waals surface area (Å²) in [4.78, 5) is 61.0. The molecule has 1 aromatic heterocycles. The van der Waals surface area contributed by atoms with Gasteiger partial charge in [-0.05, 0) is 6.92 Å². The van der Waals surface area contributed by atoms with Crippen molar-refractivity contribution in [1.29, 1.82) is 0 Å². The second-order valence-electron chi connectivity index (χ2n) is 6.68. The van der Waals surface area contributed by atoms with Gasteiger partial charge in [0.25, 0.3) is 5.56 Å². The van der Waals surface area contributed by atoms with E-state index in [1.54, 1.807) is 0 Å². The fraction of sp³-hybridized carbons (Fsp3) is 0.636. The van der Waals surface area contributed by atoms with E-state index in [1.165, 1.54) is 0 Å². The first-order chi connectivity index (χ1) is 14.3. The minimum Gasteiger partial charge on any atom is -0.387 e. The molecule has 2 rings (SSSR count). The Labute approximate surface area is 182 Å². The molecular formula is C11H18ClN2O15P3. The number of phosphoric acid groups is 3. The average Bonchev–Trinajstić information content (AvgIpc) is 2.78. The number of ether oxygens (including phenoxy) is 1. The SMILES string of the molecule is C[C@]1(O)C(n2ccc(=O)[nH]c2=O)O[C@](CCl)(COP(=O)(O)OP(=O)(O)OP(=O)(O)O)[C@H]1O. The zero-order valence-electron chi connectivity index (χ0n) is 15.7. The van der Waals surface area contributed by atoms with E-state index >= 15 is 0 Å². The maximum absolute atomic E-state index is 12.0. The fourth-order valence-corrected chi connectivity index (χ4v) is 6.14. The Kier molecular flexibility index (Phi) is 7.85. The zero-order valence-corrected chi connectivity index (χ0v) is 19.2. The van der Waals surface area contributed by atoms with E-state index in [0.717, 1.165) is 19.2 Å². The van der Waals surface area contributed by atoms with Crippen LogP contribution >= 0.6 is 35.1 Å². The molecule has 6 atom stereocenters. The van der Waals surface area contributed by atoms with Gasteiger partial charge in [-0.2, -0.15) is 8.62 Å². The molecule has 7 N–H and O–H groups in total. The lowest BCUT2D eigenvalue weighted by Gasteiger charge is -2.31. The van der Waals surface area contributed by atoms with Crippen LogP contribution in [0.5, 0.6) is 0 Å². The number of aromatic nitrogens is 2. The topological polar surface area (TPSA) is 264 Å². The minimum absolute atomic E-state index is 0.684. The normalized spacial score (nSPS) is 32.4. The van der Waals surface area contributed by atoms with Crippen LogP contribution in [0.15, 0.2) is 21.9 Å². The van der Waals surface area contributed by atoms with Gasteiger partial charge in [0, 0.05) is 12.3 Å². The number of halogens is 1. The Morgan fingerprint density at radius 3 is 2.28 bits per heavy atom. The summed E-state index contributed by atoms with van der Waals surface area (Å²) < 4.78 is 51.7. The molecule has 21 heteroatoms. The highest BCUT2D eigenvalue weighted by molar-refractivity contribution is 7.66. The van der Waals surface area contributed by atoms with Crippen molar-refractivity contribution in [3.05, 3.63) is 33.1 Å². The molecule has 0 spiro atoms. The molecule has 184 valence electrons. The van der Waals surface area contributed by atoms with Crippen molar-refractivity contribution in [3.63, 3.8) is 0 Å². The first kappa shape index (κ1) is 27.5. The van der Waals surface area contributed by atoms with Gasteiger partial charge in [0.05, 0.1) is 12.5 Å². The molecular weight excluding hydrogens is 528 g/mol. The fourth-order valence-electron chi connectivity index (χ4n) is 2.77. The third-order valence-corrected chi connectivity index (χ3v) is 8.35. The maximum atomic E-state index is 12.0. The molecule has 32 heavy (non-hydrogen) atoms. The Bertz CT molecular complexity index is 1110. The summed E-state index contributed by atoms with van der Waals surface area (Å²) in [7, 11) is -17.0. The number of alkyl halides is 1. The standard InChI is InChI=1S/C11H18ClN2O15P3/c1-10(18)7(16)11(4-12,27-8(10)14-3-2-6(15)13-9(14)17)5-26-31(22,23)29-32(24,25)28-30(19,20)21/h2-3,7-8,16,18H,4-5H2,1H3,(H,22,23)(H,24,25)(H,13,15,17)(H2,19,20,21)/t7-,8?,10+,11+/m0/s1. The second-order valence-corrected chi connectivity index (χ2v) is 11.4. The van der Waals surface area contributed by atoms with Crippen molar-refractivity contribution in [2.45, 2.75) is 30.5 Å². The highest BCUT2D eigenvalue weighted by Gasteiger charge is 2.62. The lowest BCUT2D eigenvalue weighted by Crippen LogP contribution is -2.53. The van der Waals surface area contributed by atoms with E-state index in [-0.39, 0.29) is 0 Å². The Balaban J connectivity index is 2.28. The molecule has 0 aromatic carbocycles. The predicted molar refractivity (Wildman–Crippen MR) is 101 cm³/mol. The molecule has 1 aliphatic rings. The summed E-state index contributed by atoms with van der Waals surface area (Å²) in [5.41, 5.74) is -6.35. The summed E-state index contributed by atoms with van der Waals surface area (Å²) in [6, 6.07) is 0.903. The van der Waals surface area contributed by atoms with Crippen molar-refractivity contribution in [2.75, 3.05) is 12.5 Å². The molecule has 0 radical (unpaired) electrons. The number of nitrogens with one attached hydrogen (secondary N) is 1. The number of rotatable bonds is 9. The number of hydrogen-bond donors (Lipinski definition) is 7. The second kappa shape index (κ2) is 9.13. The van der Waals surface area contributed by atoms with E-state index < -0.39 is 70.7 Å².